The van der Waals surface area contributed by atoms with E-state index in [0.717, 1.165) is 69.0 Å². The van der Waals surface area contributed by atoms with E-state index < -0.39 is 0 Å². The number of hydrogen-bond donors (Lipinski definition) is 4. The third-order valence-corrected chi connectivity index (χ3v) is 5.89. The van der Waals surface area contributed by atoms with Crippen LogP contribution in [0.2, 0.25) is 0 Å². The molecule has 1 atom stereocenters. The molecule has 7 nitrogen and oxygen atoms in total. The molecule has 2 fully saturated rings. The van der Waals surface area contributed by atoms with E-state index in [9.17, 15) is 9.90 Å². The molecule has 4 N–H and O–H groups in total. The van der Waals surface area contributed by atoms with E-state index >= 15 is 0 Å². The quantitative estimate of drug-likeness (QED) is 0.224. The highest BCUT2D eigenvalue weighted by Crippen LogP contribution is 2.31. The molecular weight excluding hydrogens is 495 g/mol. The van der Waals surface area contributed by atoms with Crippen LogP contribution in [0.25, 0.3) is 0 Å². The molecule has 0 spiro atoms. The number of amides is 1. The number of ether oxygens (including phenoxy) is 1. The molecule has 1 unspecified atom stereocenters. The Labute approximate surface area is 196 Å². The molecule has 2 aliphatic rings. The lowest BCUT2D eigenvalue weighted by molar-refractivity contribution is -0.122. The Balaban J connectivity index is 0.00000320. The van der Waals surface area contributed by atoms with Gasteiger partial charge in [-0.15, -0.1) is 24.0 Å². The summed E-state index contributed by atoms with van der Waals surface area (Å²) in [5.74, 6) is 1.05. The summed E-state index contributed by atoms with van der Waals surface area (Å²) in [6.07, 6.45) is 4.82. The van der Waals surface area contributed by atoms with Crippen LogP contribution in [-0.2, 0) is 16.1 Å². The normalized spacial score (nSPS) is 21.5. The van der Waals surface area contributed by atoms with E-state index in [1.54, 1.807) is 0 Å². The van der Waals surface area contributed by atoms with Gasteiger partial charge in [0.2, 0.25) is 5.91 Å². The first-order chi connectivity index (χ1) is 14.1. The van der Waals surface area contributed by atoms with Crippen molar-refractivity contribution in [1.29, 1.82) is 0 Å². The van der Waals surface area contributed by atoms with Crippen LogP contribution in [-0.4, -0.2) is 49.9 Å². The molecular formula is C22H35IN4O3. The van der Waals surface area contributed by atoms with E-state index in [0.29, 0.717) is 13.2 Å². The first-order valence-corrected chi connectivity index (χ1v) is 10.7. The molecule has 0 bridgehead atoms. The maximum absolute atomic E-state index is 12.2. The average Bonchev–Trinajstić information content (AvgIpc) is 3.12. The van der Waals surface area contributed by atoms with Crippen LogP contribution < -0.4 is 16.0 Å². The first kappa shape index (κ1) is 24.9. The van der Waals surface area contributed by atoms with Crippen LogP contribution in [0.5, 0.6) is 0 Å². The van der Waals surface area contributed by atoms with Gasteiger partial charge in [0.25, 0.3) is 0 Å². The van der Waals surface area contributed by atoms with Gasteiger partial charge in [-0.1, -0.05) is 18.6 Å². The number of guanidine groups is 1. The third kappa shape index (κ3) is 7.09. The number of carbonyl (C=O) groups is 1. The number of carbonyl (C=O) groups excluding carboxylic acids is 1. The largest absolute Gasteiger partial charge is 0.396 e. The second-order valence-corrected chi connectivity index (χ2v) is 8.14. The maximum atomic E-state index is 12.2. The summed E-state index contributed by atoms with van der Waals surface area (Å²) < 4.78 is 5.56. The second kappa shape index (κ2) is 12.5. The van der Waals surface area contributed by atoms with Crippen molar-refractivity contribution in [3.8, 4) is 0 Å². The third-order valence-electron chi connectivity index (χ3n) is 5.89. The number of rotatable bonds is 9. The van der Waals surface area contributed by atoms with E-state index in [1.807, 2.05) is 31.2 Å². The maximum Gasteiger partial charge on any atom is 0.227 e. The highest BCUT2D eigenvalue weighted by molar-refractivity contribution is 14.0. The number of halogens is 1. The molecule has 1 saturated carbocycles. The second-order valence-electron chi connectivity index (χ2n) is 8.14. The predicted octanol–water partition coefficient (Wildman–Crippen LogP) is 2.89. The fourth-order valence-corrected chi connectivity index (χ4v) is 3.76. The van der Waals surface area contributed by atoms with E-state index in [1.165, 1.54) is 0 Å². The van der Waals surface area contributed by atoms with Gasteiger partial charge >= 0.3 is 0 Å². The lowest BCUT2D eigenvalue weighted by Crippen LogP contribution is -2.44. The smallest absolute Gasteiger partial charge is 0.227 e. The fourth-order valence-electron chi connectivity index (χ4n) is 3.76. The zero-order valence-corrected chi connectivity index (χ0v) is 20.1. The van der Waals surface area contributed by atoms with E-state index in [-0.39, 0.29) is 47.8 Å². The van der Waals surface area contributed by atoms with Gasteiger partial charge in [0.1, 0.15) is 0 Å². The van der Waals surface area contributed by atoms with Crippen molar-refractivity contribution in [2.75, 3.05) is 38.2 Å². The Morgan fingerprint density at radius 1 is 1.33 bits per heavy atom. The molecule has 1 aromatic rings. The molecule has 1 aliphatic carbocycles. The number of aliphatic hydroxyl groups is 1. The van der Waals surface area contributed by atoms with Crippen LogP contribution in [0.1, 0.15) is 44.6 Å². The molecule has 1 heterocycles. The van der Waals surface area contributed by atoms with E-state index in [2.05, 4.69) is 16.0 Å². The van der Waals surface area contributed by atoms with Crippen LogP contribution in [0, 0.1) is 11.3 Å². The van der Waals surface area contributed by atoms with Crippen molar-refractivity contribution in [3.05, 3.63) is 29.8 Å². The Morgan fingerprint density at radius 2 is 2.17 bits per heavy atom. The first-order valence-electron chi connectivity index (χ1n) is 10.7. The van der Waals surface area contributed by atoms with Crippen LogP contribution in [0.15, 0.2) is 29.3 Å². The van der Waals surface area contributed by atoms with Crippen LogP contribution >= 0.6 is 24.0 Å². The van der Waals surface area contributed by atoms with Gasteiger partial charge in [-0.2, -0.15) is 0 Å². The minimum Gasteiger partial charge on any atom is -0.396 e. The molecule has 0 radical (unpaired) electrons. The monoisotopic (exact) mass is 530 g/mol. The minimum absolute atomic E-state index is 0. The Morgan fingerprint density at radius 3 is 2.80 bits per heavy atom. The molecule has 3 rings (SSSR count). The van der Waals surface area contributed by atoms with Gasteiger partial charge in [0, 0.05) is 43.3 Å². The van der Waals surface area contributed by atoms with Gasteiger partial charge in [0.15, 0.2) is 5.96 Å². The van der Waals surface area contributed by atoms with Crippen LogP contribution in [0.4, 0.5) is 5.69 Å². The van der Waals surface area contributed by atoms with Crippen molar-refractivity contribution < 1.29 is 14.6 Å². The summed E-state index contributed by atoms with van der Waals surface area (Å²) >= 11 is 0. The number of hydrogen-bond acceptors (Lipinski definition) is 4. The van der Waals surface area contributed by atoms with Crippen molar-refractivity contribution in [1.82, 2.24) is 10.6 Å². The van der Waals surface area contributed by atoms with Crippen molar-refractivity contribution in [3.63, 3.8) is 0 Å². The van der Waals surface area contributed by atoms with Gasteiger partial charge < -0.3 is 25.8 Å². The SMILES string of the molecule is CCNC(=NCc1cccc(NC(=O)C2CCC2)c1)NCC1(CCO)CCOC1.I. The summed E-state index contributed by atoms with van der Waals surface area (Å²) in [5.41, 5.74) is 1.84. The lowest BCUT2D eigenvalue weighted by atomic mass is 9.84. The number of aliphatic imine (C=N–C) groups is 1. The molecule has 1 amide bonds. The van der Waals surface area contributed by atoms with Crippen molar-refractivity contribution in [2.45, 2.75) is 45.6 Å². The van der Waals surface area contributed by atoms with Gasteiger partial charge in [-0.3, -0.25) is 4.79 Å². The number of anilines is 1. The average molecular weight is 530 g/mol. The van der Waals surface area contributed by atoms with Crippen molar-refractivity contribution in [2.24, 2.45) is 16.3 Å². The fraction of sp³-hybridized carbons (Fsp3) is 0.636. The van der Waals surface area contributed by atoms with Crippen molar-refractivity contribution >= 4 is 41.5 Å². The van der Waals surface area contributed by atoms with Gasteiger partial charge in [-0.25, -0.2) is 4.99 Å². The van der Waals surface area contributed by atoms with Gasteiger partial charge in [0.05, 0.1) is 13.2 Å². The number of nitrogens with one attached hydrogen (secondary N) is 3. The standard InChI is InChI=1S/C22H34N4O3.HI/c1-2-23-21(25-15-22(9-11-27)10-12-29-16-22)24-14-17-5-3-8-19(13-17)26-20(28)18-6-4-7-18;/h3,5,8,13,18,27H,2,4,6-7,9-12,14-16H2,1H3,(H,26,28)(H2,23,24,25);1H. The Hall–Kier alpha value is -1.39. The summed E-state index contributed by atoms with van der Waals surface area (Å²) in [6, 6.07) is 7.88. The highest BCUT2D eigenvalue weighted by Gasteiger charge is 2.34. The van der Waals surface area contributed by atoms with Crippen LogP contribution in [0.3, 0.4) is 0 Å². The summed E-state index contributed by atoms with van der Waals surface area (Å²) in [5, 5.41) is 19.1. The molecule has 168 valence electrons. The van der Waals surface area contributed by atoms with E-state index in [4.69, 9.17) is 9.73 Å². The zero-order valence-electron chi connectivity index (χ0n) is 17.8. The predicted molar refractivity (Wildman–Crippen MR) is 130 cm³/mol. The number of nitrogens with zero attached hydrogens (tertiary/aromatic N) is 1. The Bertz CT molecular complexity index is 703. The molecule has 1 aromatic carbocycles. The molecule has 30 heavy (non-hydrogen) atoms. The minimum atomic E-state index is -0.0311. The number of benzene rings is 1. The topological polar surface area (TPSA) is 95.0 Å². The number of aliphatic hydroxyl groups excluding tert-OH is 1. The summed E-state index contributed by atoms with van der Waals surface area (Å²) in [7, 11) is 0. The zero-order chi connectivity index (χ0) is 20.5. The molecule has 1 saturated heterocycles. The highest BCUT2D eigenvalue weighted by atomic mass is 127. The Kier molecular flexibility index (Phi) is 10.3. The molecule has 1 aliphatic heterocycles. The summed E-state index contributed by atoms with van der Waals surface area (Å²) in [4.78, 5) is 16.9. The lowest BCUT2D eigenvalue weighted by Gasteiger charge is -2.27. The van der Waals surface area contributed by atoms with Gasteiger partial charge in [-0.05, 0) is 50.3 Å². The molecule has 0 aromatic heterocycles. The summed E-state index contributed by atoms with van der Waals surface area (Å²) in [6.45, 7) is 5.63. The molecule has 8 heteroatoms.